The van der Waals surface area contributed by atoms with Crippen molar-refractivity contribution in [2.24, 2.45) is 0 Å². The van der Waals surface area contributed by atoms with Gasteiger partial charge in [-0.25, -0.2) is 4.98 Å². The van der Waals surface area contributed by atoms with E-state index in [1.807, 2.05) is 24.3 Å². The molecule has 5 heteroatoms. The summed E-state index contributed by atoms with van der Waals surface area (Å²) >= 11 is 1.75. The highest BCUT2D eigenvalue weighted by molar-refractivity contribution is 7.99. The Morgan fingerprint density at radius 1 is 1.29 bits per heavy atom. The second kappa shape index (κ2) is 8.10. The summed E-state index contributed by atoms with van der Waals surface area (Å²) in [5.74, 6) is 1.91. The molecule has 2 aromatic rings. The van der Waals surface area contributed by atoms with Crippen LogP contribution in [0, 0.1) is 0 Å². The number of aliphatic hydroxyl groups excluding tert-OH is 1. The van der Waals surface area contributed by atoms with E-state index in [1.165, 1.54) is 18.4 Å². The van der Waals surface area contributed by atoms with Crippen LogP contribution in [0.15, 0.2) is 35.6 Å². The number of unbranched alkanes of at least 4 members (excludes halogenated alkanes) is 1. The number of rotatable bonds is 8. The van der Waals surface area contributed by atoms with E-state index in [4.69, 9.17) is 4.74 Å². The summed E-state index contributed by atoms with van der Waals surface area (Å²) in [6.45, 7) is 2.91. The lowest BCUT2D eigenvalue weighted by atomic mass is 10.2. The molecule has 1 N–H and O–H groups in total. The van der Waals surface area contributed by atoms with Gasteiger partial charge in [0.25, 0.3) is 0 Å². The monoisotopic (exact) mass is 306 g/mol. The minimum Gasteiger partial charge on any atom is -0.497 e. The maximum atomic E-state index is 9.47. The van der Waals surface area contributed by atoms with E-state index in [2.05, 4.69) is 16.5 Å². The van der Waals surface area contributed by atoms with Crippen LogP contribution in [0.3, 0.4) is 0 Å². The Balaban J connectivity index is 2.14. The zero-order valence-corrected chi connectivity index (χ0v) is 13.4. The van der Waals surface area contributed by atoms with Gasteiger partial charge in [0.15, 0.2) is 5.16 Å². The maximum Gasteiger partial charge on any atom is 0.168 e. The third-order valence-electron chi connectivity index (χ3n) is 3.29. The number of hydrogen-bond donors (Lipinski definition) is 1. The Labute approximate surface area is 130 Å². The first-order chi connectivity index (χ1) is 10.3. The number of aromatic nitrogens is 2. The maximum absolute atomic E-state index is 9.47. The molecule has 2 rings (SSSR count). The van der Waals surface area contributed by atoms with Crippen molar-refractivity contribution in [3.05, 3.63) is 41.7 Å². The minimum absolute atomic E-state index is 0.0114. The number of hydrogen-bond acceptors (Lipinski definition) is 4. The van der Waals surface area contributed by atoms with Gasteiger partial charge in [0.2, 0.25) is 0 Å². The largest absolute Gasteiger partial charge is 0.497 e. The van der Waals surface area contributed by atoms with Gasteiger partial charge in [-0.05, 0) is 24.1 Å². The molecule has 0 aliphatic rings. The lowest BCUT2D eigenvalue weighted by Crippen LogP contribution is -2.06. The number of methoxy groups -OCH3 is 1. The zero-order chi connectivity index (χ0) is 15.1. The average Bonchev–Trinajstić information content (AvgIpc) is 2.90. The molecule has 0 aliphatic carbocycles. The van der Waals surface area contributed by atoms with Crippen LogP contribution in [0.5, 0.6) is 5.75 Å². The molecule has 0 saturated heterocycles. The quantitative estimate of drug-likeness (QED) is 0.600. The number of thioether (sulfide) groups is 1. The Kier molecular flexibility index (Phi) is 6.14. The smallest absolute Gasteiger partial charge is 0.168 e. The summed E-state index contributed by atoms with van der Waals surface area (Å²) in [5.41, 5.74) is 2.02. The second-order valence-corrected chi connectivity index (χ2v) is 5.89. The lowest BCUT2D eigenvalue weighted by molar-refractivity contribution is 0.270. The molecule has 0 aliphatic heterocycles. The summed E-state index contributed by atoms with van der Waals surface area (Å²) in [6, 6.07) is 7.99. The first-order valence-electron chi connectivity index (χ1n) is 7.19. The van der Waals surface area contributed by atoms with Crippen LogP contribution in [-0.2, 0) is 13.2 Å². The summed E-state index contributed by atoms with van der Waals surface area (Å²) < 4.78 is 7.26. The predicted molar refractivity (Wildman–Crippen MR) is 85.9 cm³/mol. The van der Waals surface area contributed by atoms with Gasteiger partial charge in [0.1, 0.15) is 5.75 Å². The number of benzene rings is 1. The first kappa shape index (κ1) is 15.9. The van der Waals surface area contributed by atoms with E-state index in [9.17, 15) is 5.11 Å². The van der Waals surface area contributed by atoms with E-state index >= 15 is 0 Å². The SMILES string of the molecule is CCCCSc1ncc(CO)n1Cc1ccc(OC)cc1. The van der Waals surface area contributed by atoms with Gasteiger partial charge >= 0.3 is 0 Å². The van der Waals surface area contributed by atoms with Crippen LogP contribution in [-0.4, -0.2) is 27.5 Å². The lowest BCUT2D eigenvalue weighted by Gasteiger charge is -2.11. The van der Waals surface area contributed by atoms with Crippen molar-refractivity contribution in [3.63, 3.8) is 0 Å². The van der Waals surface area contributed by atoms with Crippen LogP contribution in [0.2, 0.25) is 0 Å². The molecule has 0 atom stereocenters. The van der Waals surface area contributed by atoms with Gasteiger partial charge in [-0.3, -0.25) is 0 Å². The third-order valence-corrected chi connectivity index (χ3v) is 4.37. The van der Waals surface area contributed by atoms with Gasteiger partial charge in [0.05, 0.1) is 25.6 Å². The van der Waals surface area contributed by atoms with Gasteiger partial charge in [-0.2, -0.15) is 0 Å². The number of aliphatic hydroxyl groups is 1. The fourth-order valence-corrected chi connectivity index (χ4v) is 3.10. The minimum atomic E-state index is 0.0114. The summed E-state index contributed by atoms with van der Waals surface area (Å²) in [4.78, 5) is 4.43. The van der Waals surface area contributed by atoms with Gasteiger partial charge in [-0.1, -0.05) is 37.2 Å². The molecule has 1 aromatic carbocycles. The van der Waals surface area contributed by atoms with Crippen molar-refractivity contribution in [3.8, 4) is 5.75 Å². The molecule has 0 unspecified atom stereocenters. The highest BCUT2D eigenvalue weighted by atomic mass is 32.2. The fraction of sp³-hybridized carbons (Fsp3) is 0.438. The van der Waals surface area contributed by atoms with E-state index in [0.29, 0.717) is 6.54 Å². The molecule has 1 heterocycles. The highest BCUT2D eigenvalue weighted by Crippen LogP contribution is 2.22. The molecular weight excluding hydrogens is 284 g/mol. The van der Waals surface area contributed by atoms with Crippen molar-refractivity contribution < 1.29 is 9.84 Å². The highest BCUT2D eigenvalue weighted by Gasteiger charge is 2.10. The second-order valence-electron chi connectivity index (χ2n) is 4.83. The molecule has 21 heavy (non-hydrogen) atoms. The number of imidazole rings is 1. The molecule has 1 aromatic heterocycles. The Morgan fingerprint density at radius 3 is 2.67 bits per heavy atom. The van der Waals surface area contributed by atoms with Crippen molar-refractivity contribution >= 4 is 11.8 Å². The Bertz CT molecular complexity index is 552. The van der Waals surface area contributed by atoms with Crippen molar-refractivity contribution in [1.29, 1.82) is 0 Å². The fourth-order valence-electron chi connectivity index (χ4n) is 2.02. The Hall–Kier alpha value is -1.46. The van der Waals surface area contributed by atoms with Crippen LogP contribution < -0.4 is 4.74 Å². The zero-order valence-electron chi connectivity index (χ0n) is 12.6. The molecule has 0 fully saturated rings. The predicted octanol–water partition coefficient (Wildman–Crippen LogP) is 3.32. The van der Waals surface area contributed by atoms with Crippen LogP contribution in [0.1, 0.15) is 31.0 Å². The number of nitrogens with zero attached hydrogens (tertiary/aromatic N) is 2. The molecular formula is C16H22N2O2S. The van der Waals surface area contributed by atoms with Crippen LogP contribution >= 0.6 is 11.8 Å². The van der Waals surface area contributed by atoms with Crippen LogP contribution in [0.4, 0.5) is 0 Å². The standard InChI is InChI=1S/C16H22N2O2S/c1-3-4-9-21-16-17-10-14(12-19)18(16)11-13-5-7-15(20-2)8-6-13/h5-8,10,19H,3-4,9,11-12H2,1-2H3. The molecule has 114 valence electrons. The van der Waals surface area contributed by atoms with E-state index in [-0.39, 0.29) is 6.61 Å². The molecule has 4 nitrogen and oxygen atoms in total. The molecule has 0 amide bonds. The Morgan fingerprint density at radius 2 is 2.05 bits per heavy atom. The first-order valence-corrected chi connectivity index (χ1v) is 8.18. The van der Waals surface area contributed by atoms with Crippen molar-refractivity contribution in [2.75, 3.05) is 12.9 Å². The summed E-state index contributed by atoms with van der Waals surface area (Å²) in [5, 5.41) is 10.4. The topological polar surface area (TPSA) is 47.3 Å². The average molecular weight is 306 g/mol. The molecule has 0 bridgehead atoms. The summed E-state index contributed by atoms with van der Waals surface area (Å²) in [7, 11) is 1.66. The van der Waals surface area contributed by atoms with E-state index in [1.54, 1.807) is 25.1 Å². The van der Waals surface area contributed by atoms with E-state index < -0.39 is 0 Å². The van der Waals surface area contributed by atoms with Gasteiger partial charge < -0.3 is 14.4 Å². The normalized spacial score (nSPS) is 10.8. The number of ether oxygens (including phenoxy) is 1. The molecule has 0 spiro atoms. The van der Waals surface area contributed by atoms with Crippen molar-refractivity contribution in [1.82, 2.24) is 9.55 Å². The molecule has 0 saturated carbocycles. The van der Waals surface area contributed by atoms with Crippen molar-refractivity contribution in [2.45, 2.75) is 38.1 Å². The third kappa shape index (κ3) is 4.25. The van der Waals surface area contributed by atoms with E-state index in [0.717, 1.165) is 22.4 Å². The van der Waals surface area contributed by atoms with Gasteiger partial charge in [-0.15, -0.1) is 0 Å². The molecule has 0 radical (unpaired) electrons. The van der Waals surface area contributed by atoms with Gasteiger partial charge in [0, 0.05) is 12.3 Å². The van der Waals surface area contributed by atoms with Crippen LogP contribution in [0.25, 0.3) is 0 Å². The summed E-state index contributed by atoms with van der Waals surface area (Å²) in [6.07, 6.45) is 4.12.